The summed E-state index contributed by atoms with van der Waals surface area (Å²) in [5.41, 5.74) is 0. The predicted octanol–water partition coefficient (Wildman–Crippen LogP) is -0.742. The zero-order chi connectivity index (χ0) is 10.3. The summed E-state index contributed by atoms with van der Waals surface area (Å²) in [6, 6.07) is 0. The summed E-state index contributed by atoms with van der Waals surface area (Å²) >= 11 is 0. The lowest BCUT2D eigenvalue weighted by atomic mass is 10.1. The Balaban J connectivity index is 1.89. The van der Waals surface area contributed by atoms with E-state index in [2.05, 4.69) is 0 Å². The van der Waals surface area contributed by atoms with Crippen LogP contribution in [0.1, 0.15) is 13.8 Å². The first-order valence-corrected chi connectivity index (χ1v) is 4.79. The van der Waals surface area contributed by atoms with Crippen molar-refractivity contribution in [2.75, 3.05) is 13.2 Å². The molecule has 4 atom stereocenters. The lowest BCUT2D eigenvalue weighted by molar-refractivity contribution is -0.161. The summed E-state index contributed by atoms with van der Waals surface area (Å²) < 4.78 is 15.6. The highest BCUT2D eigenvalue weighted by Gasteiger charge is 2.44. The van der Waals surface area contributed by atoms with E-state index in [0.29, 0.717) is 13.2 Å². The van der Waals surface area contributed by atoms with Crippen LogP contribution in [0.15, 0.2) is 0 Å². The van der Waals surface area contributed by atoms with E-state index in [1.807, 2.05) is 0 Å². The van der Waals surface area contributed by atoms with Crippen molar-refractivity contribution >= 4 is 0 Å². The summed E-state index contributed by atoms with van der Waals surface area (Å²) in [7, 11) is 0. The summed E-state index contributed by atoms with van der Waals surface area (Å²) in [5, 5.41) is 19.3. The fourth-order valence-corrected chi connectivity index (χ4v) is 1.58. The Morgan fingerprint density at radius 1 is 1.14 bits per heavy atom. The third-order valence-electron chi connectivity index (χ3n) is 2.50. The first-order chi connectivity index (χ1) is 6.49. The lowest BCUT2D eigenvalue weighted by Crippen LogP contribution is -2.42. The van der Waals surface area contributed by atoms with Crippen LogP contribution in [-0.2, 0) is 14.2 Å². The van der Waals surface area contributed by atoms with Gasteiger partial charge in [0.1, 0.15) is 24.4 Å². The van der Waals surface area contributed by atoms with Gasteiger partial charge in [0.15, 0.2) is 5.79 Å². The minimum atomic E-state index is -0.940. The highest BCUT2D eigenvalue weighted by molar-refractivity contribution is 4.90. The third kappa shape index (κ3) is 2.07. The predicted molar refractivity (Wildman–Crippen MR) is 46.7 cm³/mol. The molecular formula is C9H16O5. The Labute approximate surface area is 82.6 Å². The number of epoxide rings is 1. The summed E-state index contributed by atoms with van der Waals surface area (Å²) in [4.78, 5) is 0. The molecule has 0 unspecified atom stereocenters. The molecule has 5 nitrogen and oxygen atoms in total. The number of aliphatic hydroxyl groups excluding tert-OH is 2. The molecule has 0 amide bonds. The van der Waals surface area contributed by atoms with Crippen molar-refractivity contribution in [1.29, 1.82) is 0 Å². The zero-order valence-corrected chi connectivity index (χ0v) is 8.34. The quantitative estimate of drug-likeness (QED) is 0.592. The van der Waals surface area contributed by atoms with Gasteiger partial charge in [0.25, 0.3) is 0 Å². The molecule has 14 heavy (non-hydrogen) atoms. The molecule has 5 heteroatoms. The molecule has 2 rings (SSSR count). The van der Waals surface area contributed by atoms with Crippen molar-refractivity contribution in [2.45, 2.75) is 44.1 Å². The molecule has 82 valence electrons. The van der Waals surface area contributed by atoms with Crippen LogP contribution in [0.25, 0.3) is 0 Å². The highest BCUT2D eigenvalue weighted by atomic mass is 16.7. The molecule has 0 bridgehead atoms. The molecule has 0 radical (unpaired) electrons. The van der Waals surface area contributed by atoms with Crippen molar-refractivity contribution in [1.82, 2.24) is 0 Å². The number of ether oxygens (including phenoxy) is 3. The van der Waals surface area contributed by atoms with Gasteiger partial charge < -0.3 is 24.4 Å². The van der Waals surface area contributed by atoms with Gasteiger partial charge in [-0.05, 0) is 13.8 Å². The first kappa shape index (κ1) is 10.3. The maximum Gasteiger partial charge on any atom is 0.163 e. The molecule has 0 saturated carbocycles. The van der Waals surface area contributed by atoms with E-state index in [0.717, 1.165) is 0 Å². The largest absolute Gasteiger partial charge is 0.388 e. The average Bonchev–Trinajstić information content (AvgIpc) is 2.89. The van der Waals surface area contributed by atoms with E-state index in [4.69, 9.17) is 14.2 Å². The average molecular weight is 204 g/mol. The van der Waals surface area contributed by atoms with Gasteiger partial charge >= 0.3 is 0 Å². The van der Waals surface area contributed by atoms with Crippen molar-refractivity contribution in [2.24, 2.45) is 0 Å². The lowest BCUT2D eigenvalue weighted by Gasteiger charge is -2.23. The summed E-state index contributed by atoms with van der Waals surface area (Å²) in [6.07, 6.45) is -2.52. The zero-order valence-electron chi connectivity index (χ0n) is 8.34. The molecule has 0 spiro atoms. The summed E-state index contributed by atoms with van der Waals surface area (Å²) in [6.45, 7) is 4.37. The van der Waals surface area contributed by atoms with E-state index in [9.17, 15) is 10.2 Å². The van der Waals surface area contributed by atoms with Crippen LogP contribution < -0.4 is 0 Å². The third-order valence-corrected chi connectivity index (χ3v) is 2.50. The normalized spacial score (nSPS) is 39.4. The van der Waals surface area contributed by atoms with Crippen LogP contribution in [0.5, 0.6) is 0 Å². The minimum Gasteiger partial charge on any atom is -0.388 e. The Morgan fingerprint density at radius 2 is 1.71 bits per heavy atom. The van der Waals surface area contributed by atoms with Gasteiger partial charge in [0.2, 0.25) is 0 Å². The molecule has 2 aliphatic heterocycles. The van der Waals surface area contributed by atoms with Crippen LogP contribution in [0, 0.1) is 0 Å². The maximum absolute atomic E-state index is 9.73. The Hall–Kier alpha value is -0.200. The molecule has 0 aromatic carbocycles. The second-order valence-electron chi connectivity index (χ2n) is 4.22. The van der Waals surface area contributed by atoms with Crippen LogP contribution in [0.2, 0.25) is 0 Å². The maximum atomic E-state index is 9.73. The van der Waals surface area contributed by atoms with Crippen LogP contribution in [-0.4, -0.2) is 53.6 Å². The number of hydrogen-bond acceptors (Lipinski definition) is 5. The van der Waals surface area contributed by atoms with Gasteiger partial charge in [-0.1, -0.05) is 0 Å². The standard InChI is InChI=1S/C9H16O5/c1-9(2)13-4-6(14-9)8(11)7(10)5-3-12-5/h5-8,10-11H,3-4H2,1-2H3/t5-,6-,7-,8-/m1/s1. The van der Waals surface area contributed by atoms with Crippen LogP contribution in [0.3, 0.4) is 0 Å². The van der Waals surface area contributed by atoms with Crippen molar-refractivity contribution < 1.29 is 24.4 Å². The first-order valence-electron chi connectivity index (χ1n) is 4.79. The van der Waals surface area contributed by atoms with Gasteiger partial charge in [-0.15, -0.1) is 0 Å². The molecule has 2 heterocycles. The highest BCUT2D eigenvalue weighted by Crippen LogP contribution is 2.27. The molecule has 0 aromatic heterocycles. The van der Waals surface area contributed by atoms with Crippen LogP contribution >= 0.6 is 0 Å². The van der Waals surface area contributed by atoms with Gasteiger partial charge in [0, 0.05) is 0 Å². The van der Waals surface area contributed by atoms with E-state index in [-0.39, 0.29) is 6.10 Å². The van der Waals surface area contributed by atoms with Gasteiger partial charge in [-0.25, -0.2) is 0 Å². The second-order valence-corrected chi connectivity index (χ2v) is 4.22. The monoisotopic (exact) mass is 204 g/mol. The molecule has 2 fully saturated rings. The Morgan fingerprint density at radius 3 is 2.14 bits per heavy atom. The van der Waals surface area contributed by atoms with Gasteiger partial charge in [-0.3, -0.25) is 0 Å². The van der Waals surface area contributed by atoms with Crippen molar-refractivity contribution in [3.63, 3.8) is 0 Å². The van der Waals surface area contributed by atoms with Crippen LogP contribution in [0.4, 0.5) is 0 Å². The van der Waals surface area contributed by atoms with Crippen molar-refractivity contribution in [3.05, 3.63) is 0 Å². The molecular weight excluding hydrogens is 188 g/mol. The number of aliphatic hydroxyl groups is 2. The van der Waals surface area contributed by atoms with Gasteiger partial charge in [-0.2, -0.15) is 0 Å². The summed E-state index contributed by atoms with van der Waals surface area (Å²) in [5.74, 6) is -0.671. The Kier molecular flexibility index (Phi) is 2.53. The fraction of sp³-hybridized carbons (Fsp3) is 1.00. The fourth-order valence-electron chi connectivity index (χ4n) is 1.58. The second kappa shape index (κ2) is 3.43. The minimum absolute atomic E-state index is 0.239. The van der Waals surface area contributed by atoms with E-state index in [1.165, 1.54) is 0 Å². The SMILES string of the molecule is CC1(C)OC[C@H]([C@@H](O)[C@H](O)[C@H]2CO2)O1. The molecule has 2 N–H and O–H groups in total. The smallest absolute Gasteiger partial charge is 0.163 e. The van der Waals surface area contributed by atoms with E-state index in [1.54, 1.807) is 13.8 Å². The Bertz CT molecular complexity index is 213. The number of rotatable bonds is 3. The number of hydrogen-bond donors (Lipinski definition) is 2. The topological polar surface area (TPSA) is 71.5 Å². The van der Waals surface area contributed by atoms with Gasteiger partial charge in [0.05, 0.1) is 13.2 Å². The van der Waals surface area contributed by atoms with E-state index >= 15 is 0 Å². The molecule has 0 aliphatic carbocycles. The molecule has 2 aliphatic rings. The molecule has 2 saturated heterocycles. The van der Waals surface area contributed by atoms with E-state index < -0.39 is 24.1 Å². The van der Waals surface area contributed by atoms with Crippen molar-refractivity contribution in [3.8, 4) is 0 Å². The molecule has 0 aromatic rings.